The lowest BCUT2D eigenvalue weighted by atomic mass is 10.0. The van der Waals surface area contributed by atoms with Crippen molar-refractivity contribution in [2.45, 2.75) is 45.3 Å². The van der Waals surface area contributed by atoms with Crippen LogP contribution in [-0.2, 0) is 4.74 Å². The highest BCUT2D eigenvalue weighted by molar-refractivity contribution is 5.87. The van der Waals surface area contributed by atoms with Crippen molar-refractivity contribution in [2.75, 3.05) is 0 Å². The van der Waals surface area contributed by atoms with E-state index < -0.39 is 17.7 Å². The molecule has 2 N–H and O–H groups in total. The molecule has 1 saturated carbocycles. The van der Waals surface area contributed by atoms with Crippen molar-refractivity contribution in [1.82, 2.24) is 5.32 Å². The first-order chi connectivity index (χ1) is 9.76. The van der Waals surface area contributed by atoms with Gasteiger partial charge >= 0.3 is 12.1 Å². The summed E-state index contributed by atoms with van der Waals surface area (Å²) in [5.41, 5.74) is 0.615. The van der Waals surface area contributed by atoms with E-state index in [1.165, 1.54) is 0 Å². The minimum Gasteiger partial charge on any atom is -0.478 e. The van der Waals surface area contributed by atoms with E-state index >= 15 is 0 Å². The number of aromatic carboxylic acids is 1. The normalized spacial score (nSPS) is 16.1. The first kappa shape index (κ1) is 15.4. The average Bonchev–Trinajstić information content (AvgIpc) is 3.18. The first-order valence-electron chi connectivity index (χ1n) is 7.09. The third-order valence-corrected chi connectivity index (χ3v) is 3.28. The fourth-order valence-corrected chi connectivity index (χ4v) is 2.17. The fraction of sp³-hybridized carbons (Fsp3) is 0.500. The molecule has 0 spiro atoms. The monoisotopic (exact) mass is 291 g/mol. The van der Waals surface area contributed by atoms with Crippen molar-refractivity contribution in [1.29, 1.82) is 0 Å². The molecular formula is C16H21NO4. The Bertz CT molecular complexity index is 526. The summed E-state index contributed by atoms with van der Waals surface area (Å²) < 4.78 is 5.29. The van der Waals surface area contributed by atoms with Gasteiger partial charge in [0.25, 0.3) is 0 Å². The topological polar surface area (TPSA) is 75.6 Å². The second kappa shape index (κ2) is 5.76. The minimum atomic E-state index is -0.954. The number of alkyl carbamates (subject to hydrolysis) is 1. The van der Waals surface area contributed by atoms with Crippen LogP contribution in [0.3, 0.4) is 0 Å². The van der Waals surface area contributed by atoms with Gasteiger partial charge in [-0.15, -0.1) is 0 Å². The summed E-state index contributed by atoms with van der Waals surface area (Å²) in [5.74, 6) is -0.558. The van der Waals surface area contributed by atoms with Crippen LogP contribution in [0, 0.1) is 5.92 Å². The van der Waals surface area contributed by atoms with Crippen molar-refractivity contribution in [3.63, 3.8) is 0 Å². The molecule has 1 aliphatic rings. The van der Waals surface area contributed by atoms with Crippen molar-refractivity contribution in [3.05, 3.63) is 35.4 Å². The van der Waals surface area contributed by atoms with E-state index in [0.29, 0.717) is 5.92 Å². The number of carboxylic acid groups (broad SMARTS) is 1. The average molecular weight is 291 g/mol. The Hall–Kier alpha value is -2.04. The highest BCUT2D eigenvalue weighted by Gasteiger charge is 2.34. The van der Waals surface area contributed by atoms with E-state index in [1.54, 1.807) is 24.3 Å². The quantitative estimate of drug-likeness (QED) is 0.892. The molecule has 5 nitrogen and oxygen atoms in total. The smallest absolute Gasteiger partial charge is 0.408 e. The van der Waals surface area contributed by atoms with Crippen LogP contribution in [0.2, 0.25) is 0 Å². The molecule has 0 bridgehead atoms. The van der Waals surface area contributed by atoms with E-state index in [9.17, 15) is 9.59 Å². The van der Waals surface area contributed by atoms with Gasteiger partial charge in [0, 0.05) is 0 Å². The van der Waals surface area contributed by atoms with E-state index in [0.717, 1.165) is 18.4 Å². The molecule has 5 heteroatoms. The van der Waals surface area contributed by atoms with E-state index in [1.807, 2.05) is 20.8 Å². The zero-order chi connectivity index (χ0) is 15.6. The Morgan fingerprint density at radius 1 is 1.24 bits per heavy atom. The van der Waals surface area contributed by atoms with Crippen molar-refractivity contribution in [2.24, 2.45) is 5.92 Å². The number of benzene rings is 1. The Labute approximate surface area is 124 Å². The third kappa shape index (κ3) is 4.48. The Morgan fingerprint density at radius 3 is 2.24 bits per heavy atom. The zero-order valence-electron chi connectivity index (χ0n) is 12.6. The van der Waals surface area contributed by atoms with Crippen LogP contribution in [0.25, 0.3) is 0 Å². The summed E-state index contributed by atoms with van der Waals surface area (Å²) in [6.45, 7) is 5.46. The predicted octanol–water partition coefficient (Wildman–Crippen LogP) is 3.36. The van der Waals surface area contributed by atoms with Gasteiger partial charge in [0.2, 0.25) is 0 Å². The van der Waals surface area contributed by atoms with E-state index in [2.05, 4.69) is 5.32 Å². The van der Waals surface area contributed by atoms with Crippen LogP contribution in [0.5, 0.6) is 0 Å². The molecule has 21 heavy (non-hydrogen) atoms. The first-order valence-corrected chi connectivity index (χ1v) is 7.09. The number of rotatable bonds is 4. The molecule has 0 saturated heterocycles. The van der Waals surface area contributed by atoms with Crippen LogP contribution < -0.4 is 5.32 Å². The number of carbonyl (C=O) groups is 2. The maximum Gasteiger partial charge on any atom is 0.408 e. The van der Waals surface area contributed by atoms with Crippen LogP contribution >= 0.6 is 0 Å². The van der Waals surface area contributed by atoms with Crippen LogP contribution in [0.4, 0.5) is 4.79 Å². The SMILES string of the molecule is CC(C)(C)OC(=O)N[C@@H](c1ccc(C(=O)O)cc1)C1CC1. The third-order valence-electron chi connectivity index (χ3n) is 3.28. The highest BCUT2D eigenvalue weighted by atomic mass is 16.6. The Morgan fingerprint density at radius 2 is 1.81 bits per heavy atom. The number of carbonyl (C=O) groups excluding carboxylic acids is 1. The van der Waals surface area contributed by atoms with Gasteiger partial charge in [0.1, 0.15) is 5.60 Å². The van der Waals surface area contributed by atoms with Gasteiger partial charge in [-0.1, -0.05) is 12.1 Å². The lowest BCUT2D eigenvalue weighted by molar-refractivity contribution is 0.0496. The maximum atomic E-state index is 11.9. The van der Waals surface area contributed by atoms with E-state index in [4.69, 9.17) is 9.84 Å². The molecule has 1 amide bonds. The summed E-state index contributed by atoms with van der Waals surface area (Å²) >= 11 is 0. The summed E-state index contributed by atoms with van der Waals surface area (Å²) in [6, 6.07) is 6.50. The lowest BCUT2D eigenvalue weighted by Gasteiger charge is -2.24. The molecule has 2 rings (SSSR count). The molecule has 1 aromatic rings. The number of ether oxygens (including phenoxy) is 1. The molecular weight excluding hydrogens is 270 g/mol. The van der Waals surface area contributed by atoms with Gasteiger partial charge in [0.05, 0.1) is 11.6 Å². The Kier molecular flexibility index (Phi) is 4.21. The molecule has 0 aliphatic heterocycles. The van der Waals surface area contributed by atoms with Gasteiger partial charge in [0.15, 0.2) is 0 Å². The van der Waals surface area contributed by atoms with Gasteiger partial charge in [-0.25, -0.2) is 9.59 Å². The van der Waals surface area contributed by atoms with Crippen molar-refractivity contribution >= 4 is 12.1 Å². The fourth-order valence-electron chi connectivity index (χ4n) is 2.17. The number of amides is 1. The van der Waals surface area contributed by atoms with Crippen molar-refractivity contribution < 1.29 is 19.4 Å². The van der Waals surface area contributed by atoms with Crippen molar-refractivity contribution in [3.8, 4) is 0 Å². The van der Waals surface area contributed by atoms with Crippen LogP contribution in [0.1, 0.15) is 55.6 Å². The lowest BCUT2D eigenvalue weighted by Crippen LogP contribution is -2.35. The van der Waals surface area contributed by atoms with Gasteiger partial charge < -0.3 is 15.2 Å². The Balaban J connectivity index is 2.08. The number of hydrogen-bond donors (Lipinski definition) is 2. The van der Waals surface area contributed by atoms with Crippen LogP contribution in [0.15, 0.2) is 24.3 Å². The number of carboxylic acids is 1. The number of nitrogens with one attached hydrogen (secondary N) is 1. The summed E-state index contributed by atoms with van der Waals surface area (Å²) in [6.07, 6.45) is 1.67. The minimum absolute atomic E-state index is 0.123. The highest BCUT2D eigenvalue weighted by Crippen LogP contribution is 2.41. The maximum absolute atomic E-state index is 11.9. The van der Waals surface area contributed by atoms with E-state index in [-0.39, 0.29) is 11.6 Å². The standard InChI is InChI=1S/C16H21NO4/c1-16(2,3)21-15(20)17-13(10-4-5-10)11-6-8-12(9-7-11)14(18)19/h6-10,13H,4-5H2,1-3H3,(H,17,20)(H,18,19)/t13-/m1/s1. The molecule has 1 aliphatic carbocycles. The molecule has 0 unspecified atom stereocenters. The molecule has 0 heterocycles. The van der Waals surface area contributed by atoms with Gasteiger partial charge in [-0.05, 0) is 57.2 Å². The molecule has 114 valence electrons. The summed E-state index contributed by atoms with van der Waals surface area (Å²) in [5, 5.41) is 11.8. The second-order valence-corrected chi connectivity index (χ2v) is 6.39. The molecule has 0 aromatic heterocycles. The molecule has 1 atom stereocenters. The van der Waals surface area contributed by atoms with Gasteiger partial charge in [-0.2, -0.15) is 0 Å². The molecule has 1 fully saturated rings. The van der Waals surface area contributed by atoms with Crippen LogP contribution in [-0.4, -0.2) is 22.8 Å². The zero-order valence-corrected chi connectivity index (χ0v) is 12.6. The van der Waals surface area contributed by atoms with Gasteiger partial charge in [-0.3, -0.25) is 0 Å². The summed E-state index contributed by atoms with van der Waals surface area (Å²) in [7, 11) is 0. The summed E-state index contributed by atoms with van der Waals surface area (Å²) in [4.78, 5) is 22.8. The molecule has 1 aromatic carbocycles. The molecule has 0 radical (unpaired) electrons. The number of hydrogen-bond acceptors (Lipinski definition) is 3. The second-order valence-electron chi connectivity index (χ2n) is 6.39. The predicted molar refractivity (Wildman–Crippen MR) is 78.2 cm³/mol. The largest absolute Gasteiger partial charge is 0.478 e.